The summed E-state index contributed by atoms with van der Waals surface area (Å²) in [5.41, 5.74) is 11.5. The van der Waals surface area contributed by atoms with Crippen LogP contribution in [0, 0.1) is 0 Å². The number of para-hydroxylation sites is 3. The number of rotatable bonds is 7. The van der Waals surface area contributed by atoms with Crippen LogP contribution in [0.5, 0.6) is 0 Å². The molecule has 2 aliphatic rings. The van der Waals surface area contributed by atoms with Crippen molar-refractivity contribution in [3.8, 4) is 27.9 Å². The fraction of sp³-hybridized carbons (Fsp3) is 0.200. The predicted octanol–water partition coefficient (Wildman–Crippen LogP) is 14.9. The van der Waals surface area contributed by atoms with Crippen LogP contribution >= 0.6 is 0 Å². The van der Waals surface area contributed by atoms with E-state index in [4.69, 9.17) is 9.98 Å². The molecule has 1 aromatic heterocycles. The molecule has 11 rings (SSSR count). The van der Waals surface area contributed by atoms with E-state index in [1.165, 1.54) is 38.1 Å². The lowest BCUT2D eigenvalue weighted by molar-refractivity contribution is 0.338. The van der Waals surface area contributed by atoms with Crippen LogP contribution in [0.2, 0.25) is 0 Å². The van der Waals surface area contributed by atoms with Gasteiger partial charge in [-0.25, -0.2) is 0 Å². The van der Waals surface area contributed by atoms with E-state index in [9.17, 15) is 0 Å². The zero-order valence-corrected chi connectivity index (χ0v) is 38.6. The molecule has 2 aliphatic heterocycles. The number of anilines is 2. The van der Waals surface area contributed by atoms with Crippen LogP contribution in [-0.4, -0.2) is 38.4 Å². The van der Waals surface area contributed by atoms with Gasteiger partial charge in [0, 0.05) is 39.0 Å². The number of aromatic nitrogens is 1. The zero-order chi connectivity index (χ0) is 44.9. The van der Waals surface area contributed by atoms with Gasteiger partial charge in [0.25, 0.3) is 0 Å². The van der Waals surface area contributed by atoms with Crippen LogP contribution in [0.15, 0.2) is 198 Å². The third-order valence-electron chi connectivity index (χ3n) is 15.0. The Labute approximate surface area is 383 Å². The van der Waals surface area contributed by atoms with Gasteiger partial charge < -0.3 is 14.4 Å². The van der Waals surface area contributed by atoms with Crippen molar-refractivity contribution in [1.82, 2.24) is 4.57 Å². The van der Waals surface area contributed by atoms with E-state index in [0.29, 0.717) is 0 Å². The molecule has 8 aromatic carbocycles. The molecule has 0 radical (unpaired) electrons. The molecule has 0 aliphatic carbocycles. The molecule has 0 amide bonds. The Bertz CT molecular complexity index is 3370. The highest BCUT2D eigenvalue weighted by Crippen LogP contribution is 2.46. The largest absolute Gasteiger partial charge is 0.318 e. The van der Waals surface area contributed by atoms with Gasteiger partial charge in [0.1, 0.15) is 11.7 Å². The second-order valence-electron chi connectivity index (χ2n) is 19.9. The lowest BCUT2D eigenvalue weighted by Crippen LogP contribution is -2.53. The van der Waals surface area contributed by atoms with E-state index in [-0.39, 0.29) is 22.2 Å². The average molecular weight is 846 g/mol. The molecular weight excluding hydrogens is 791 g/mol. The second kappa shape index (κ2) is 14.6. The molecule has 5 heteroatoms. The maximum atomic E-state index is 5.45. The Hall–Kier alpha value is -7.24. The minimum Gasteiger partial charge on any atom is -0.318 e. The van der Waals surface area contributed by atoms with Crippen LogP contribution in [0.1, 0.15) is 66.5 Å². The van der Waals surface area contributed by atoms with Crippen molar-refractivity contribution < 1.29 is 0 Å². The number of benzene rings is 8. The molecule has 3 heterocycles. The van der Waals surface area contributed by atoms with Crippen molar-refractivity contribution in [3.63, 3.8) is 0 Å². The fourth-order valence-corrected chi connectivity index (χ4v) is 10.2. The maximum absolute atomic E-state index is 5.45. The Morgan fingerprint density at radius 1 is 0.338 bits per heavy atom. The summed E-state index contributed by atoms with van der Waals surface area (Å²) in [7, 11) is 0. The molecule has 0 atom stereocenters. The van der Waals surface area contributed by atoms with Crippen molar-refractivity contribution >= 4 is 55.6 Å². The van der Waals surface area contributed by atoms with Crippen LogP contribution in [0.25, 0.3) is 60.5 Å². The standard InChI is InChI=1S/C60H55N5/c1-57(2)59(5,6)64(46-28-14-10-15-29-46)55(61-57)43-24-20-22-40(36-43)41-34-35-50-52(38-41)63(45-26-12-9-13-27-45)53-39-51(48-32-18-19-33-49(48)54(50)53)42-23-21-25-44(37-42)56-62-58(3,4)60(7,8)65(56)47-30-16-11-17-31-47/h9-39H,1-8H3. The Morgan fingerprint density at radius 3 is 1.34 bits per heavy atom. The first-order valence-corrected chi connectivity index (χ1v) is 22.9. The van der Waals surface area contributed by atoms with E-state index in [1.54, 1.807) is 0 Å². The lowest BCUT2D eigenvalue weighted by atomic mass is 9.83. The van der Waals surface area contributed by atoms with Crippen LogP contribution in [-0.2, 0) is 0 Å². The van der Waals surface area contributed by atoms with Gasteiger partial charge in [0.15, 0.2) is 0 Å². The topological polar surface area (TPSA) is 36.1 Å². The molecule has 9 aromatic rings. The molecule has 0 unspecified atom stereocenters. The summed E-state index contributed by atoms with van der Waals surface area (Å²) >= 11 is 0. The summed E-state index contributed by atoms with van der Waals surface area (Å²) in [5.74, 6) is 1.99. The Balaban J connectivity index is 1.09. The van der Waals surface area contributed by atoms with E-state index < -0.39 is 0 Å². The van der Waals surface area contributed by atoms with E-state index >= 15 is 0 Å². The predicted molar refractivity (Wildman–Crippen MR) is 276 cm³/mol. The van der Waals surface area contributed by atoms with Crippen molar-refractivity contribution in [1.29, 1.82) is 0 Å². The fourth-order valence-electron chi connectivity index (χ4n) is 10.2. The molecule has 0 saturated heterocycles. The van der Waals surface area contributed by atoms with E-state index in [2.05, 4.69) is 258 Å². The van der Waals surface area contributed by atoms with Crippen molar-refractivity contribution in [2.24, 2.45) is 9.98 Å². The highest BCUT2D eigenvalue weighted by molar-refractivity contribution is 6.25. The summed E-state index contributed by atoms with van der Waals surface area (Å²) in [5, 5.41) is 4.93. The van der Waals surface area contributed by atoms with Gasteiger partial charge in [-0.2, -0.15) is 0 Å². The van der Waals surface area contributed by atoms with E-state index in [1.807, 2.05) is 0 Å². The Kier molecular flexibility index (Phi) is 9.13. The molecule has 0 bridgehead atoms. The van der Waals surface area contributed by atoms with Gasteiger partial charge in [-0.15, -0.1) is 0 Å². The number of amidine groups is 2. The van der Waals surface area contributed by atoms with Gasteiger partial charge >= 0.3 is 0 Å². The van der Waals surface area contributed by atoms with Gasteiger partial charge in [-0.1, -0.05) is 127 Å². The average Bonchev–Trinajstić information content (AvgIpc) is 3.83. The highest BCUT2D eigenvalue weighted by Gasteiger charge is 2.51. The summed E-state index contributed by atoms with van der Waals surface area (Å²) < 4.78 is 2.46. The number of nitrogens with zero attached hydrogens (tertiary/aromatic N) is 5. The summed E-state index contributed by atoms with van der Waals surface area (Å²) in [6.45, 7) is 18.2. The SMILES string of the molecule is CC1(C)N=C(c2cccc(-c3ccc4c5c6ccccc6c(-c6cccc(C7=NC(C)(C)C(C)(C)N7c7ccccc7)c6)cc5n(-c5ccccc5)c4c3)c2)N(c2ccccc2)C1(C)C. The molecule has 0 spiro atoms. The first kappa shape index (κ1) is 40.5. The molecule has 0 saturated carbocycles. The molecular formula is C60H55N5. The monoisotopic (exact) mass is 845 g/mol. The molecule has 320 valence electrons. The normalized spacial score (nSPS) is 17.2. The highest BCUT2D eigenvalue weighted by atomic mass is 15.3. The molecule has 0 fully saturated rings. The van der Waals surface area contributed by atoms with Crippen molar-refractivity contribution in [2.45, 2.75) is 77.5 Å². The van der Waals surface area contributed by atoms with Crippen molar-refractivity contribution in [2.75, 3.05) is 9.80 Å². The molecule has 0 N–H and O–H groups in total. The maximum Gasteiger partial charge on any atom is 0.136 e. The summed E-state index contributed by atoms with van der Waals surface area (Å²) in [6.07, 6.45) is 0. The number of aliphatic imine (C=N–C) groups is 2. The minimum absolute atomic E-state index is 0.237. The van der Waals surface area contributed by atoms with Gasteiger partial charge in [0.2, 0.25) is 0 Å². The number of hydrogen-bond acceptors (Lipinski definition) is 4. The van der Waals surface area contributed by atoms with Crippen molar-refractivity contribution in [3.05, 3.63) is 199 Å². The quantitative estimate of drug-likeness (QED) is 0.160. The number of fused-ring (bicyclic) bond motifs is 5. The second-order valence-corrected chi connectivity index (χ2v) is 19.9. The summed E-state index contributed by atoms with van der Waals surface area (Å²) in [4.78, 5) is 15.7. The Morgan fingerprint density at radius 2 is 0.785 bits per heavy atom. The summed E-state index contributed by atoms with van der Waals surface area (Å²) in [6, 6.07) is 68.5. The molecule has 5 nitrogen and oxygen atoms in total. The lowest BCUT2D eigenvalue weighted by Gasteiger charge is -2.41. The van der Waals surface area contributed by atoms with E-state index in [0.717, 1.165) is 56.6 Å². The van der Waals surface area contributed by atoms with Gasteiger partial charge in [-0.3, -0.25) is 9.98 Å². The van der Waals surface area contributed by atoms with Gasteiger partial charge in [-0.05, 0) is 149 Å². The first-order valence-electron chi connectivity index (χ1n) is 22.9. The van der Waals surface area contributed by atoms with Crippen LogP contribution < -0.4 is 9.80 Å². The smallest absolute Gasteiger partial charge is 0.136 e. The van der Waals surface area contributed by atoms with Crippen LogP contribution in [0.4, 0.5) is 11.4 Å². The minimum atomic E-state index is -0.308. The first-order chi connectivity index (χ1) is 31.2. The zero-order valence-electron chi connectivity index (χ0n) is 38.6. The molecule has 65 heavy (non-hydrogen) atoms. The van der Waals surface area contributed by atoms with Crippen LogP contribution in [0.3, 0.4) is 0 Å². The third kappa shape index (κ3) is 6.27. The number of hydrogen-bond donors (Lipinski definition) is 0. The third-order valence-corrected chi connectivity index (χ3v) is 15.0. The van der Waals surface area contributed by atoms with Gasteiger partial charge in [0.05, 0.1) is 33.2 Å².